The number of ether oxygens (including phenoxy) is 1. The van der Waals surface area contributed by atoms with E-state index in [1.807, 2.05) is 74.4 Å². The highest BCUT2D eigenvalue weighted by molar-refractivity contribution is 6.12. The minimum absolute atomic E-state index is 0.319. The summed E-state index contributed by atoms with van der Waals surface area (Å²) in [4.78, 5) is 18.4. The molecule has 2 aromatic carbocycles. The van der Waals surface area contributed by atoms with E-state index in [9.17, 15) is 4.79 Å². The lowest BCUT2D eigenvalue weighted by molar-refractivity contribution is -0.129. The molecule has 23 heavy (non-hydrogen) atoms. The smallest absolute Gasteiger partial charge is 0.363 e. The maximum Gasteiger partial charge on any atom is 0.363 e. The topological polar surface area (TPSA) is 41.9 Å². The Kier molecular flexibility index (Phi) is 3.98. The van der Waals surface area contributed by atoms with E-state index in [0.29, 0.717) is 11.6 Å². The highest BCUT2D eigenvalue weighted by atomic mass is 16.6. The fourth-order valence-corrected chi connectivity index (χ4v) is 2.34. The zero-order valence-corrected chi connectivity index (χ0v) is 13.4. The number of carbonyl (C=O) groups is 1. The van der Waals surface area contributed by atoms with Crippen molar-refractivity contribution in [2.75, 3.05) is 19.0 Å². The van der Waals surface area contributed by atoms with Crippen LogP contribution in [0.3, 0.4) is 0 Å². The van der Waals surface area contributed by atoms with Crippen LogP contribution >= 0.6 is 0 Å². The number of nitrogens with zero attached hydrogens (tertiary/aromatic N) is 2. The fourth-order valence-electron chi connectivity index (χ4n) is 2.34. The lowest BCUT2D eigenvalue weighted by atomic mass is 10.1. The molecule has 1 aliphatic heterocycles. The van der Waals surface area contributed by atoms with Gasteiger partial charge in [0.15, 0.2) is 5.70 Å². The Bertz CT molecular complexity index is 802. The van der Waals surface area contributed by atoms with E-state index in [-0.39, 0.29) is 0 Å². The van der Waals surface area contributed by atoms with Crippen LogP contribution in [-0.2, 0) is 9.53 Å². The highest BCUT2D eigenvalue weighted by Gasteiger charge is 2.24. The van der Waals surface area contributed by atoms with Crippen LogP contribution in [0, 0.1) is 6.92 Å². The second kappa shape index (κ2) is 6.08. The van der Waals surface area contributed by atoms with Crippen molar-refractivity contribution in [2.24, 2.45) is 4.99 Å². The first-order valence-corrected chi connectivity index (χ1v) is 7.40. The van der Waals surface area contributed by atoms with Gasteiger partial charge < -0.3 is 9.64 Å². The van der Waals surface area contributed by atoms with Gasteiger partial charge in [-0.05, 0) is 42.8 Å². The molecule has 4 heteroatoms. The first-order chi connectivity index (χ1) is 11.0. The largest absolute Gasteiger partial charge is 0.402 e. The van der Waals surface area contributed by atoms with Gasteiger partial charge in [-0.15, -0.1) is 0 Å². The molecule has 4 nitrogen and oxygen atoms in total. The number of cyclic esters (lactones) is 1. The molecule has 0 aliphatic carbocycles. The average Bonchev–Trinajstić information content (AvgIpc) is 2.89. The number of carbonyl (C=O) groups excluding carboxylic acids is 1. The van der Waals surface area contributed by atoms with E-state index < -0.39 is 5.97 Å². The van der Waals surface area contributed by atoms with Crippen LogP contribution in [-0.4, -0.2) is 26.0 Å². The Morgan fingerprint density at radius 1 is 1.09 bits per heavy atom. The van der Waals surface area contributed by atoms with Crippen LogP contribution in [0.5, 0.6) is 0 Å². The number of hydrogen-bond acceptors (Lipinski definition) is 4. The molecule has 0 radical (unpaired) electrons. The highest BCUT2D eigenvalue weighted by Crippen LogP contribution is 2.21. The van der Waals surface area contributed by atoms with E-state index in [2.05, 4.69) is 4.99 Å². The summed E-state index contributed by atoms with van der Waals surface area (Å²) in [5, 5.41) is 0. The van der Waals surface area contributed by atoms with Crippen LogP contribution in [0.1, 0.15) is 16.7 Å². The molecule has 116 valence electrons. The molecule has 1 heterocycles. The van der Waals surface area contributed by atoms with Gasteiger partial charge in [-0.3, -0.25) is 0 Å². The number of aryl methyl sites for hydroxylation is 1. The van der Waals surface area contributed by atoms with Gasteiger partial charge in [0.2, 0.25) is 5.90 Å². The molecule has 0 saturated heterocycles. The second-order valence-electron chi connectivity index (χ2n) is 5.69. The summed E-state index contributed by atoms with van der Waals surface area (Å²) < 4.78 is 5.28. The SMILES string of the molecule is Cc1cccc(C2=NC(=Cc3ccc(N(C)C)cc3)C(=O)O2)c1. The molecule has 0 saturated carbocycles. The van der Waals surface area contributed by atoms with Crippen LogP contribution in [0.2, 0.25) is 0 Å². The van der Waals surface area contributed by atoms with E-state index in [1.165, 1.54) is 0 Å². The Morgan fingerprint density at radius 3 is 2.48 bits per heavy atom. The van der Waals surface area contributed by atoms with E-state index in [1.54, 1.807) is 6.08 Å². The Labute approximate surface area is 135 Å². The van der Waals surface area contributed by atoms with Crippen molar-refractivity contribution in [3.8, 4) is 0 Å². The van der Waals surface area contributed by atoms with Gasteiger partial charge >= 0.3 is 5.97 Å². The molecule has 0 fully saturated rings. The number of rotatable bonds is 3. The summed E-state index contributed by atoms with van der Waals surface area (Å²) >= 11 is 0. The van der Waals surface area contributed by atoms with Gasteiger partial charge in [0.05, 0.1) is 0 Å². The molecule has 0 spiro atoms. The molecule has 3 rings (SSSR count). The minimum atomic E-state index is -0.418. The summed E-state index contributed by atoms with van der Waals surface area (Å²) in [6.07, 6.45) is 1.74. The van der Waals surface area contributed by atoms with Crippen molar-refractivity contribution >= 4 is 23.6 Å². The average molecular weight is 306 g/mol. The molecule has 1 aliphatic rings. The van der Waals surface area contributed by atoms with Gasteiger partial charge in [-0.25, -0.2) is 9.79 Å². The predicted molar refractivity (Wildman–Crippen MR) is 92.6 cm³/mol. The summed E-state index contributed by atoms with van der Waals surface area (Å²) in [7, 11) is 3.97. The van der Waals surface area contributed by atoms with Crippen molar-refractivity contribution in [2.45, 2.75) is 6.92 Å². The summed E-state index contributed by atoms with van der Waals surface area (Å²) in [5.41, 5.74) is 4.24. The van der Waals surface area contributed by atoms with Crippen LogP contribution < -0.4 is 4.90 Å². The van der Waals surface area contributed by atoms with Crippen LogP contribution in [0.4, 0.5) is 5.69 Å². The lowest BCUT2D eigenvalue weighted by Crippen LogP contribution is -2.08. The molecule has 0 bridgehead atoms. The zero-order chi connectivity index (χ0) is 16.4. The third-order valence-corrected chi connectivity index (χ3v) is 3.60. The van der Waals surface area contributed by atoms with Crippen molar-refractivity contribution in [3.63, 3.8) is 0 Å². The molecule has 0 N–H and O–H groups in total. The second-order valence-corrected chi connectivity index (χ2v) is 5.69. The van der Waals surface area contributed by atoms with Gasteiger partial charge in [0, 0.05) is 25.3 Å². The van der Waals surface area contributed by atoms with Gasteiger partial charge in [0.1, 0.15) is 0 Å². The normalized spacial score (nSPS) is 15.5. The third kappa shape index (κ3) is 3.31. The summed E-state index contributed by atoms with van der Waals surface area (Å²) in [6, 6.07) is 15.6. The van der Waals surface area contributed by atoms with E-state index in [4.69, 9.17) is 4.74 Å². The van der Waals surface area contributed by atoms with Crippen molar-refractivity contribution in [1.82, 2.24) is 0 Å². The third-order valence-electron chi connectivity index (χ3n) is 3.60. The minimum Gasteiger partial charge on any atom is -0.402 e. The summed E-state index contributed by atoms with van der Waals surface area (Å²) in [6.45, 7) is 1.99. The maximum atomic E-state index is 12.0. The lowest BCUT2D eigenvalue weighted by Gasteiger charge is -2.11. The van der Waals surface area contributed by atoms with Gasteiger partial charge in [-0.2, -0.15) is 0 Å². The Balaban J connectivity index is 1.88. The first-order valence-electron chi connectivity index (χ1n) is 7.40. The Hall–Kier alpha value is -2.88. The quantitative estimate of drug-likeness (QED) is 0.644. The zero-order valence-electron chi connectivity index (χ0n) is 13.4. The van der Waals surface area contributed by atoms with Gasteiger partial charge in [-0.1, -0.05) is 29.8 Å². The monoisotopic (exact) mass is 306 g/mol. The number of hydrogen-bond donors (Lipinski definition) is 0. The van der Waals surface area contributed by atoms with Crippen molar-refractivity contribution < 1.29 is 9.53 Å². The van der Waals surface area contributed by atoms with Crippen molar-refractivity contribution in [1.29, 1.82) is 0 Å². The maximum absolute atomic E-state index is 12.0. The van der Waals surface area contributed by atoms with E-state index >= 15 is 0 Å². The molecule has 0 amide bonds. The standard InChI is InChI=1S/C19H18N2O2/c1-13-5-4-6-15(11-13)18-20-17(19(22)23-18)12-14-7-9-16(10-8-14)21(2)3/h4-12H,1-3H3. The summed E-state index contributed by atoms with van der Waals surface area (Å²) in [5.74, 6) is -0.0620. The number of benzene rings is 2. The molecule has 2 aromatic rings. The molecular formula is C19H18N2O2. The molecular weight excluding hydrogens is 288 g/mol. The molecule has 0 aromatic heterocycles. The number of anilines is 1. The van der Waals surface area contributed by atoms with E-state index in [0.717, 1.165) is 22.4 Å². The molecule has 0 unspecified atom stereocenters. The van der Waals surface area contributed by atoms with Crippen molar-refractivity contribution in [3.05, 3.63) is 70.9 Å². The van der Waals surface area contributed by atoms with Crippen LogP contribution in [0.25, 0.3) is 6.08 Å². The number of esters is 1. The van der Waals surface area contributed by atoms with Crippen LogP contribution in [0.15, 0.2) is 59.2 Å². The predicted octanol–water partition coefficient (Wildman–Crippen LogP) is 3.41. The molecule has 0 atom stereocenters. The number of aliphatic imine (C=N–C) groups is 1. The fraction of sp³-hybridized carbons (Fsp3) is 0.158. The van der Waals surface area contributed by atoms with Gasteiger partial charge in [0.25, 0.3) is 0 Å². The first kappa shape index (κ1) is 15.0. The Morgan fingerprint density at radius 2 is 1.83 bits per heavy atom.